The monoisotopic (exact) mass is 365 g/mol. The minimum Gasteiger partial charge on any atom is -0.480 e. The normalized spacial score (nSPS) is 15.6. The molecule has 5 nitrogen and oxygen atoms in total. The van der Waals surface area contributed by atoms with Crippen molar-refractivity contribution in [1.29, 1.82) is 5.26 Å². The molecule has 0 aliphatic carbocycles. The highest BCUT2D eigenvalue weighted by Crippen LogP contribution is 2.34. The Kier molecular flexibility index (Phi) is 4.76. The molecule has 1 aliphatic heterocycles. The van der Waals surface area contributed by atoms with Crippen LogP contribution in [0, 0.1) is 18.3 Å². The van der Waals surface area contributed by atoms with Gasteiger partial charge in [0.15, 0.2) is 11.2 Å². The van der Waals surface area contributed by atoms with Crippen molar-refractivity contribution in [2.24, 2.45) is 0 Å². The van der Waals surface area contributed by atoms with Gasteiger partial charge in [0.2, 0.25) is 0 Å². The molecule has 1 unspecified atom stereocenters. The molecule has 0 saturated carbocycles. The fourth-order valence-corrected chi connectivity index (χ4v) is 4.21. The number of anilines is 1. The molecule has 1 aromatic carbocycles. The fourth-order valence-electron chi connectivity index (χ4n) is 2.22. The summed E-state index contributed by atoms with van der Waals surface area (Å²) in [6, 6.07) is 7.40. The second kappa shape index (κ2) is 6.79. The largest absolute Gasteiger partial charge is 0.480 e. The van der Waals surface area contributed by atoms with E-state index < -0.39 is 6.10 Å². The molecular weight excluding hydrogens is 354 g/mol. The molecule has 0 fully saturated rings. The van der Waals surface area contributed by atoms with Crippen molar-refractivity contribution in [2.45, 2.75) is 23.7 Å². The number of aryl methyl sites for hydroxylation is 1. The highest BCUT2D eigenvalue weighted by atomic mass is 35.5. The first-order valence-electron chi connectivity index (χ1n) is 6.80. The summed E-state index contributed by atoms with van der Waals surface area (Å²) in [6.45, 7) is 1.86. The maximum Gasteiger partial charge on any atom is 0.267 e. The first kappa shape index (κ1) is 16.1. The maximum absolute atomic E-state index is 12.3. The van der Waals surface area contributed by atoms with Gasteiger partial charge in [-0.05, 0) is 30.7 Å². The number of ether oxygens (including phenoxy) is 1. The van der Waals surface area contributed by atoms with E-state index in [2.05, 4.69) is 16.4 Å². The van der Waals surface area contributed by atoms with Gasteiger partial charge in [-0.15, -0.1) is 0 Å². The number of carbonyl (C=O) groups is 1. The third-order valence-corrected chi connectivity index (χ3v) is 5.78. The molecule has 1 aromatic heterocycles. The predicted octanol–water partition coefficient (Wildman–Crippen LogP) is 3.66. The summed E-state index contributed by atoms with van der Waals surface area (Å²) in [5, 5.41) is 12.6. The zero-order valence-electron chi connectivity index (χ0n) is 12.1. The lowest BCUT2D eigenvalue weighted by molar-refractivity contribution is -0.122. The van der Waals surface area contributed by atoms with Gasteiger partial charge in [0.05, 0.1) is 21.7 Å². The minimum absolute atomic E-state index is 0.233. The molecule has 0 radical (unpaired) electrons. The fraction of sp³-hybridized carbons (Fsp3) is 0.267. The zero-order chi connectivity index (χ0) is 16.4. The summed E-state index contributed by atoms with van der Waals surface area (Å²) in [5.74, 6) is 0.816. The summed E-state index contributed by atoms with van der Waals surface area (Å²) in [7, 11) is 0. The molecule has 118 valence electrons. The Morgan fingerprint density at radius 2 is 2.48 bits per heavy atom. The highest BCUT2D eigenvalue weighted by Gasteiger charge is 2.30. The van der Waals surface area contributed by atoms with Gasteiger partial charge in [-0.3, -0.25) is 10.1 Å². The van der Waals surface area contributed by atoms with E-state index in [9.17, 15) is 4.79 Å². The van der Waals surface area contributed by atoms with Crippen LogP contribution in [0.4, 0.5) is 5.13 Å². The number of halogens is 1. The third kappa shape index (κ3) is 3.61. The number of fused-ring (bicyclic) bond motifs is 1. The molecule has 0 saturated heterocycles. The summed E-state index contributed by atoms with van der Waals surface area (Å²) >= 11 is 8.73. The van der Waals surface area contributed by atoms with Crippen LogP contribution in [0.5, 0.6) is 5.75 Å². The predicted molar refractivity (Wildman–Crippen MR) is 91.4 cm³/mol. The van der Waals surface area contributed by atoms with E-state index in [1.807, 2.05) is 13.0 Å². The summed E-state index contributed by atoms with van der Waals surface area (Å²) in [4.78, 5) is 16.7. The van der Waals surface area contributed by atoms with Crippen LogP contribution in [0.2, 0.25) is 5.02 Å². The number of nitrogens with zero attached hydrogens (tertiary/aromatic N) is 2. The molecule has 1 atom stereocenters. The van der Waals surface area contributed by atoms with E-state index in [1.54, 1.807) is 12.1 Å². The molecule has 1 aliphatic rings. The van der Waals surface area contributed by atoms with Crippen molar-refractivity contribution < 1.29 is 9.53 Å². The molecule has 2 aromatic rings. The third-order valence-electron chi connectivity index (χ3n) is 3.24. The summed E-state index contributed by atoms with van der Waals surface area (Å²) in [5.41, 5.74) is 1.74. The molecule has 8 heteroatoms. The number of nitriles is 1. The Morgan fingerprint density at radius 3 is 3.26 bits per heavy atom. The van der Waals surface area contributed by atoms with Gasteiger partial charge < -0.3 is 4.74 Å². The van der Waals surface area contributed by atoms with Crippen LogP contribution in [0.1, 0.15) is 11.3 Å². The van der Waals surface area contributed by atoms with Crippen LogP contribution in [-0.2, 0) is 11.2 Å². The number of hydrogen-bond acceptors (Lipinski definition) is 6. The van der Waals surface area contributed by atoms with Gasteiger partial charge in [0, 0.05) is 11.4 Å². The van der Waals surface area contributed by atoms with Gasteiger partial charge in [-0.25, -0.2) is 4.98 Å². The number of thioether (sulfide) groups is 1. The molecule has 1 N–H and O–H groups in total. The minimum atomic E-state index is -0.581. The molecule has 2 heterocycles. The van der Waals surface area contributed by atoms with Crippen molar-refractivity contribution >= 4 is 45.7 Å². The number of rotatable bonds is 4. The van der Waals surface area contributed by atoms with Crippen molar-refractivity contribution in [3.63, 3.8) is 0 Å². The van der Waals surface area contributed by atoms with E-state index in [1.165, 1.54) is 23.1 Å². The first-order valence-corrected chi connectivity index (χ1v) is 8.98. The van der Waals surface area contributed by atoms with Crippen LogP contribution in [0.25, 0.3) is 0 Å². The number of carbonyl (C=O) groups excluding carboxylic acids is 1. The number of thiazole rings is 1. The molecular formula is C15H12ClN3O2S2. The Morgan fingerprint density at radius 1 is 1.65 bits per heavy atom. The summed E-state index contributed by atoms with van der Waals surface area (Å²) < 4.78 is 6.59. The van der Waals surface area contributed by atoms with Crippen LogP contribution in [-0.4, -0.2) is 22.7 Å². The van der Waals surface area contributed by atoms with Gasteiger partial charge in [-0.1, -0.05) is 34.7 Å². The molecule has 3 rings (SSSR count). The SMILES string of the molecule is Cc1nc(NC(=O)C2Cc3cc(Cl)ccc3O2)sc1SCC#N. The smallest absolute Gasteiger partial charge is 0.267 e. The van der Waals surface area contributed by atoms with E-state index >= 15 is 0 Å². The van der Waals surface area contributed by atoms with Crippen molar-refractivity contribution in [2.75, 3.05) is 11.1 Å². The number of hydrogen-bond donors (Lipinski definition) is 1. The van der Waals surface area contributed by atoms with Crippen LogP contribution >= 0.6 is 34.7 Å². The maximum atomic E-state index is 12.3. The van der Waals surface area contributed by atoms with E-state index in [4.69, 9.17) is 21.6 Å². The summed E-state index contributed by atoms with van der Waals surface area (Å²) in [6.07, 6.45) is -0.0924. The van der Waals surface area contributed by atoms with Crippen LogP contribution in [0.15, 0.2) is 22.4 Å². The quantitative estimate of drug-likeness (QED) is 0.837. The van der Waals surface area contributed by atoms with Crippen LogP contribution < -0.4 is 10.1 Å². The Bertz CT molecular complexity index is 801. The number of amides is 1. The zero-order valence-corrected chi connectivity index (χ0v) is 14.5. The Balaban J connectivity index is 1.66. The average Bonchev–Trinajstić information content (AvgIpc) is 3.08. The lowest BCUT2D eigenvalue weighted by Gasteiger charge is -2.09. The Hall–Kier alpha value is -1.75. The van der Waals surface area contributed by atoms with E-state index in [0.29, 0.717) is 28.1 Å². The van der Waals surface area contributed by atoms with Gasteiger partial charge in [-0.2, -0.15) is 5.26 Å². The van der Waals surface area contributed by atoms with Crippen molar-refractivity contribution in [1.82, 2.24) is 4.98 Å². The first-order chi connectivity index (χ1) is 11.1. The van der Waals surface area contributed by atoms with E-state index in [0.717, 1.165) is 15.5 Å². The standard InChI is InChI=1S/C15H12ClN3O2S2/c1-8-14(22-5-4-17)23-15(18-8)19-13(20)12-7-9-6-10(16)2-3-11(9)21-12/h2-3,6,12H,5,7H2,1H3,(H,18,19,20). The van der Waals surface area contributed by atoms with E-state index in [-0.39, 0.29) is 5.91 Å². The molecule has 23 heavy (non-hydrogen) atoms. The van der Waals surface area contributed by atoms with Gasteiger partial charge >= 0.3 is 0 Å². The molecule has 1 amide bonds. The molecule has 0 bridgehead atoms. The van der Waals surface area contributed by atoms with Crippen molar-refractivity contribution in [3.05, 3.63) is 34.5 Å². The highest BCUT2D eigenvalue weighted by molar-refractivity contribution is 8.01. The van der Waals surface area contributed by atoms with Crippen LogP contribution in [0.3, 0.4) is 0 Å². The van der Waals surface area contributed by atoms with Crippen molar-refractivity contribution in [3.8, 4) is 11.8 Å². The lowest BCUT2D eigenvalue weighted by Crippen LogP contribution is -2.31. The Labute approximate surface area is 146 Å². The second-order valence-corrected chi connectivity index (χ2v) is 7.57. The number of benzene rings is 1. The number of aromatic nitrogens is 1. The number of nitrogens with one attached hydrogen (secondary N) is 1. The topological polar surface area (TPSA) is 75.0 Å². The second-order valence-electron chi connectivity index (χ2n) is 4.89. The lowest BCUT2D eigenvalue weighted by atomic mass is 10.1. The average molecular weight is 366 g/mol. The van der Waals surface area contributed by atoms with Gasteiger partial charge in [0.1, 0.15) is 5.75 Å². The van der Waals surface area contributed by atoms with Gasteiger partial charge in [0.25, 0.3) is 5.91 Å². The molecule has 0 spiro atoms.